The monoisotopic (exact) mass is 324 g/mol. The third kappa shape index (κ3) is 2.34. The zero-order valence-electron chi connectivity index (χ0n) is 13.3. The van der Waals surface area contributed by atoms with Gasteiger partial charge in [-0.1, -0.05) is 0 Å². The van der Waals surface area contributed by atoms with E-state index in [0.29, 0.717) is 29.4 Å². The van der Waals surface area contributed by atoms with Crippen LogP contribution in [0.3, 0.4) is 0 Å². The summed E-state index contributed by atoms with van der Waals surface area (Å²) >= 11 is 0. The van der Waals surface area contributed by atoms with Crippen molar-refractivity contribution in [2.45, 2.75) is 13.0 Å². The lowest BCUT2D eigenvalue weighted by Crippen LogP contribution is -2.42. The Morgan fingerprint density at radius 1 is 1.38 bits per heavy atom. The van der Waals surface area contributed by atoms with E-state index in [2.05, 4.69) is 10.1 Å². The van der Waals surface area contributed by atoms with Crippen LogP contribution in [0.15, 0.2) is 47.5 Å². The van der Waals surface area contributed by atoms with Crippen LogP contribution in [0, 0.1) is 0 Å². The third-order valence-corrected chi connectivity index (χ3v) is 3.89. The van der Waals surface area contributed by atoms with Crippen LogP contribution in [-0.2, 0) is 7.05 Å². The summed E-state index contributed by atoms with van der Waals surface area (Å²) in [5.74, 6) is 0.335. The van der Waals surface area contributed by atoms with E-state index in [4.69, 9.17) is 9.15 Å². The number of hydrogen-bond donors (Lipinski definition) is 0. The minimum Gasteiger partial charge on any atom is -0.472 e. The summed E-state index contributed by atoms with van der Waals surface area (Å²) in [7, 11) is 1.79. The highest BCUT2D eigenvalue weighted by Crippen LogP contribution is 2.33. The number of hydrogen-bond acceptors (Lipinski definition) is 5. The normalized spacial score (nSPS) is 16.6. The number of fused-ring (bicyclic) bond motifs is 1. The van der Waals surface area contributed by atoms with Crippen molar-refractivity contribution in [1.29, 1.82) is 0 Å². The molecular formula is C17H16N4O3. The number of aromatic nitrogens is 3. The van der Waals surface area contributed by atoms with Crippen molar-refractivity contribution in [3.05, 3.63) is 48.7 Å². The average molecular weight is 324 g/mol. The molecule has 122 valence electrons. The van der Waals surface area contributed by atoms with E-state index < -0.39 is 0 Å². The highest BCUT2D eigenvalue weighted by molar-refractivity contribution is 6.10. The molecule has 1 unspecified atom stereocenters. The molecule has 3 aromatic rings. The number of ether oxygens (including phenoxy) is 1. The van der Waals surface area contributed by atoms with Crippen LogP contribution >= 0.6 is 0 Å². The maximum Gasteiger partial charge on any atom is 0.262 e. The van der Waals surface area contributed by atoms with Crippen molar-refractivity contribution in [1.82, 2.24) is 14.8 Å². The number of anilines is 1. The first-order chi connectivity index (χ1) is 11.6. The Hall–Kier alpha value is -3.09. The maximum atomic E-state index is 13.2. The number of carbonyl (C=O) groups is 1. The van der Waals surface area contributed by atoms with E-state index >= 15 is 0 Å². The molecule has 7 nitrogen and oxygen atoms in total. The van der Waals surface area contributed by atoms with Crippen LogP contribution in [-0.4, -0.2) is 33.3 Å². The number of pyridine rings is 1. The van der Waals surface area contributed by atoms with Crippen molar-refractivity contribution in [2.24, 2.45) is 7.05 Å². The van der Waals surface area contributed by atoms with E-state index in [9.17, 15) is 4.79 Å². The molecule has 4 rings (SSSR count). The minimum atomic E-state index is -0.135. The Balaban J connectivity index is 1.78. The van der Waals surface area contributed by atoms with Crippen molar-refractivity contribution in [3.63, 3.8) is 0 Å². The molecule has 1 atom stereocenters. The van der Waals surface area contributed by atoms with Crippen LogP contribution in [0.25, 0.3) is 11.3 Å². The van der Waals surface area contributed by atoms with Crippen LogP contribution in [0.2, 0.25) is 0 Å². The Bertz CT molecular complexity index is 885. The lowest BCUT2D eigenvalue weighted by molar-refractivity contribution is 0.0959. The number of amides is 1. The molecule has 1 aliphatic rings. The molecule has 0 aliphatic carbocycles. The van der Waals surface area contributed by atoms with Gasteiger partial charge in [0.15, 0.2) is 0 Å². The molecule has 0 saturated heterocycles. The summed E-state index contributed by atoms with van der Waals surface area (Å²) in [5.41, 5.74) is 2.55. The Morgan fingerprint density at radius 2 is 2.25 bits per heavy atom. The molecule has 0 N–H and O–H groups in total. The minimum absolute atomic E-state index is 0.134. The van der Waals surface area contributed by atoms with Gasteiger partial charge in [0.1, 0.15) is 17.5 Å². The topological polar surface area (TPSA) is 73.4 Å². The van der Waals surface area contributed by atoms with Gasteiger partial charge in [-0.2, -0.15) is 5.10 Å². The molecule has 1 amide bonds. The fraction of sp³-hybridized carbons (Fsp3) is 0.235. The van der Waals surface area contributed by atoms with E-state index in [1.807, 2.05) is 13.0 Å². The zero-order chi connectivity index (χ0) is 16.7. The number of furan rings is 1. The van der Waals surface area contributed by atoms with Crippen LogP contribution in [0.4, 0.5) is 5.69 Å². The van der Waals surface area contributed by atoms with Gasteiger partial charge in [0.25, 0.3) is 5.91 Å². The van der Waals surface area contributed by atoms with Gasteiger partial charge in [-0.25, -0.2) is 4.98 Å². The first-order valence-corrected chi connectivity index (χ1v) is 7.63. The second-order valence-corrected chi connectivity index (χ2v) is 5.75. The Kier molecular flexibility index (Phi) is 3.34. The summed E-state index contributed by atoms with van der Waals surface area (Å²) in [6.07, 6.45) is 6.39. The number of carbonyl (C=O) groups excluding carboxylic acids is 1. The Morgan fingerprint density at radius 3 is 3.04 bits per heavy atom. The summed E-state index contributed by atoms with van der Waals surface area (Å²) < 4.78 is 12.5. The molecule has 4 heterocycles. The summed E-state index contributed by atoms with van der Waals surface area (Å²) in [6.45, 7) is 2.37. The smallest absolute Gasteiger partial charge is 0.262 e. The molecule has 0 radical (unpaired) electrons. The van der Waals surface area contributed by atoms with Gasteiger partial charge in [0.2, 0.25) is 5.88 Å². The highest BCUT2D eigenvalue weighted by Gasteiger charge is 2.31. The third-order valence-electron chi connectivity index (χ3n) is 3.89. The predicted molar refractivity (Wildman–Crippen MR) is 86.9 cm³/mol. The molecule has 3 aromatic heterocycles. The molecule has 0 aromatic carbocycles. The van der Waals surface area contributed by atoms with Crippen molar-refractivity contribution in [2.75, 3.05) is 11.4 Å². The second kappa shape index (κ2) is 5.52. The standard InChI is InChI=1S/C17H16N4O3/c1-11-8-21(14-4-3-6-18-16(14)24-11)17(22)13-9-20(2)19-15(13)12-5-7-23-10-12/h3-7,9-11H,8H2,1-2H3. The lowest BCUT2D eigenvalue weighted by atomic mass is 10.1. The molecule has 0 spiro atoms. The predicted octanol–water partition coefficient (Wildman–Crippen LogP) is 2.50. The fourth-order valence-corrected chi connectivity index (χ4v) is 2.86. The van der Waals surface area contributed by atoms with Gasteiger partial charge in [-0.15, -0.1) is 0 Å². The second-order valence-electron chi connectivity index (χ2n) is 5.75. The molecule has 24 heavy (non-hydrogen) atoms. The molecule has 0 fully saturated rings. The lowest BCUT2D eigenvalue weighted by Gasteiger charge is -2.32. The van der Waals surface area contributed by atoms with Crippen molar-refractivity contribution < 1.29 is 13.9 Å². The van der Waals surface area contributed by atoms with Gasteiger partial charge in [-0.3, -0.25) is 14.4 Å². The van der Waals surface area contributed by atoms with Gasteiger partial charge in [0, 0.05) is 25.0 Å². The zero-order valence-corrected chi connectivity index (χ0v) is 13.3. The first kappa shape index (κ1) is 14.5. The van der Waals surface area contributed by atoms with Crippen molar-refractivity contribution in [3.8, 4) is 17.1 Å². The summed E-state index contributed by atoms with van der Waals surface area (Å²) in [6, 6.07) is 5.41. The van der Waals surface area contributed by atoms with Crippen LogP contribution < -0.4 is 9.64 Å². The van der Waals surface area contributed by atoms with Gasteiger partial charge in [0.05, 0.1) is 24.6 Å². The van der Waals surface area contributed by atoms with Crippen LogP contribution in [0.5, 0.6) is 5.88 Å². The largest absolute Gasteiger partial charge is 0.472 e. The van der Waals surface area contributed by atoms with E-state index in [1.54, 1.807) is 53.7 Å². The summed E-state index contributed by atoms with van der Waals surface area (Å²) in [5, 5.41) is 4.41. The SMILES string of the molecule is CC1CN(C(=O)c2cn(C)nc2-c2ccoc2)c2cccnc2O1. The van der Waals surface area contributed by atoms with Gasteiger partial charge < -0.3 is 9.15 Å². The van der Waals surface area contributed by atoms with Gasteiger partial charge in [-0.05, 0) is 25.1 Å². The maximum absolute atomic E-state index is 13.2. The van der Waals surface area contributed by atoms with E-state index in [-0.39, 0.29) is 12.0 Å². The van der Waals surface area contributed by atoms with Crippen molar-refractivity contribution >= 4 is 11.6 Å². The Labute approximate surface area is 138 Å². The van der Waals surface area contributed by atoms with E-state index in [1.165, 1.54) is 0 Å². The number of nitrogens with zero attached hydrogens (tertiary/aromatic N) is 4. The number of rotatable bonds is 2. The average Bonchev–Trinajstić information content (AvgIpc) is 3.22. The summed E-state index contributed by atoms with van der Waals surface area (Å²) in [4.78, 5) is 19.1. The van der Waals surface area contributed by atoms with Crippen LogP contribution in [0.1, 0.15) is 17.3 Å². The quantitative estimate of drug-likeness (QED) is 0.724. The molecule has 0 bridgehead atoms. The fourth-order valence-electron chi connectivity index (χ4n) is 2.86. The highest BCUT2D eigenvalue weighted by atomic mass is 16.5. The molecule has 1 aliphatic heterocycles. The molecule has 7 heteroatoms. The van der Waals surface area contributed by atoms with E-state index in [0.717, 1.165) is 5.56 Å². The number of aryl methyl sites for hydroxylation is 1. The molecular weight excluding hydrogens is 308 g/mol. The first-order valence-electron chi connectivity index (χ1n) is 7.63. The molecule has 0 saturated carbocycles. The van der Waals surface area contributed by atoms with Gasteiger partial charge >= 0.3 is 0 Å².